The highest BCUT2D eigenvalue weighted by Crippen LogP contribution is 2.12. The van der Waals surface area contributed by atoms with Crippen molar-refractivity contribution in [1.82, 2.24) is 9.97 Å². The fourth-order valence-corrected chi connectivity index (χ4v) is 0.896. The molecule has 0 aliphatic carbocycles. The number of nitrogens with two attached hydrogens (primary N) is 2. The van der Waals surface area contributed by atoms with Gasteiger partial charge >= 0.3 is 0 Å². The van der Waals surface area contributed by atoms with Gasteiger partial charge in [0.1, 0.15) is 0 Å². The van der Waals surface area contributed by atoms with Crippen molar-refractivity contribution in [3.63, 3.8) is 0 Å². The summed E-state index contributed by atoms with van der Waals surface area (Å²) in [6.45, 7) is 0. The molecule has 0 fully saturated rings. The molecule has 0 spiro atoms. The Hall–Kier alpha value is -2.05. The normalized spacial score (nSPS) is 9.62. The van der Waals surface area contributed by atoms with E-state index in [1.807, 2.05) is 0 Å². The smallest absolute Gasteiger partial charge is 0.278 e. The molecule has 13 heavy (non-hydrogen) atoms. The third-order valence-electron chi connectivity index (χ3n) is 1.45. The van der Waals surface area contributed by atoms with Gasteiger partial charge in [-0.2, -0.15) is 4.98 Å². The number of nitrogens with zero attached hydrogens (tertiary/aromatic N) is 2. The highest BCUT2D eigenvalue weighted by Gasteiger charge is 2.11. The van der Waals surface area contributed by atoms with Gasteiger partial charge in [0, 0.05) is 7.05 Å². The van der Waals surface area contributed by atoms with Gasteiger partial charge in [-0.1, -0.05) is 0 Å². The minimum Gasteiger partial charge on any atom is -0.382 e. The fraction of sp³-hybridized carbons (Fsp3) is 0.167. The standard InChI is InChI=1S/C6H9N5O2/c1-11(2-12)3-4(7)9-6(8)10-5(3)13/h2H,1H3,(H5,7,8,9,10,13). The van der Waals surface area contributed by atoms with Gasteiger partial charge in [0.2, 0.25) is 12.4 Å². The van der Waals surface area contributed by atoms with Crippen LogP contribution in [0.3, 0.4) is 0 Å². The van der Waals surface area contributed by atoms with Crippen molar-refractivity contribution < 1.29 is 4.79 Å². The van der Waals surface area contributed by atoms with Gasteiger partial charge in [-0.05, 0) is 0 Å². The minimum absolute atomic E-state index is 0.01000. The van der Waals surface area contributed by atoms with Crippen LogP contribution in [0, 0.1) is 0 Å². The number of anilines is 3. The zero-order valence-electron chi connectivity index (χ0n) is 6.94. The Morgan fingerprint density at radius 3 is 2.62 bits per heavy atom. The van der Waals surface area contributed by atoms with Gasteiger partial charge in [0.05, 0.1) is 0 Å². The van der Waals surface area contributed by atoms with E-state index in [0.29, 0.717) is 6.41 Å². The molecule has 0 aromatic carbocycles. The predicted molar refractivity (Wildman–Crippen MR) is 48.1 cm³/mol. The number of H-pyrrole nitrogens is 1. The maximum absolute atomic E-state index is 11.2. The molecule has 7 heteroatoms. The van der Waals surface area contributed by atoms with E-state index in [9.17, 15) is 9.59 Å². The number of carbonyl (C=O) groups is 1. The Balaban J connectivity index is 3.37. The molecule has 0 atom stereocenters. The third kappa shape index (κ3) is 1.58. The number of rotatable bonds is 2. The van der Waals surface area contributed by atoms with E-state index in [1.54, 1.807) is 0 Å². The predicted octanol–water partition coefficient (Wildman–Crippen LogP) is -1.47. The summed E-state index contributed by atoms with van der Waals surface area (Å²) in [5.41, 5.74) is 10.1. The summed E-state index contributed by atoms with van der Waals surface area (Å²) >= 11 is 0. The van der Waals surface area contributed by atoms with Crippen LogP contribution in [0.1, 0.15) is 0 Å². The maximum Gasteiger partial charge on any atom is 0.278 e. The number of nitrogen functional groups attached to an aromatic ring is 2. The second-order valence-electron chi connectivity index (χ2n) is 2.40. The first-order valence-corrected chi connectivity index (χ1v) is 3.39. The zero-order chi connectivity index (χ0) is 10.0. The lowest BCUT2D eigenvalue weighted by Gasteiger charge is -2.10. The molecule has 1 heterocycles. The van der Waals surface area contributed by atoms with Crippen LogP contribution >= 0.6 is 0 Å². The fourth-order valence-electron chi connectivity index (χ4n) is 0.896. The van der Waals surface area contributed by atoms with E-state index < -0.39 is 5.56 Å². The molecule has 1 rings (SSSR count). The van der Waals surface area contributed by atoms with E-state index in [1.165, 1.54) is 7.05 Å². The molecule has 7 nitrogen and oxygen atoms in total. The number of nitrogens with one attached hydrogen (secondary N) is 1. The number of hydrogen-bond donors (Lipinski definition) is 3. The molecule has 1 aromatic heterocycles. The van der Waals surface area contributed by atoms with Crippen LogP contribution in [-0.2, 0) is 4.79 Å². The Kier molecular flexibility index (Phi) is 2.18. The Bertz CT molecular complexity index is 385. The van der Waals surface area contributed by atoms with Crippen molar-refractivity contribution in [2.75, 3.05) is 23.4 Å². The van der Waals surface area contributed by atoms with Crippen LogP contribution in [0.25, 0.3) is 0 Å². The molecule has 0 radical (unpaired) electrons. The lowest BCUT2D eigenvalue weighted by atomic mass is 10.4. The van der Waals surface area contributed by atoms with Crippen LogP contribution in [-0.4, -0.2) is 23.4 Å². The maximum atomic E-state index is 11.2. The van der Waals surface area contributed by atoms with Gasteiger partial charge in [-0.25, -0.2) is 0 Å². The first-order valence-electron chi connectivity index (χ1n) is 3.39. The van der Waals surface area contributed by atoms with Gasteiger partial charge in [0.25, 0.3) is 5.56 Å². The molecule has 0 aliphatic heterocycles. The Labute approximate surface area is 73.4 Å². The van der Waals surface area contributed by atoms with Crippen molar-refractivity contribution in [2.45, 2.75) is 0 Å². The minimum atomic E-state index is -0.542. The molecule has 0 bridgehead atoms. The first kappa shape index (κ1) is 9.04. The molecular weight excluding hydrogens is 174 g/mol. The number of aromatic nitrogens is 2. The third-order valence-corrected chi connectivity index (χ3v) is 1.45. The number of aromatic amines is 1. The summed E-state index contributed by atoms with van der Waals surface area (Å²) in [5.74, 6) is -0.151. The molecule has 0 unspecified atom stereocenters. The molecule has 5 N–H and O–H groups in total. The monoisotopic (exact) mass is 183 g/mol. The summed E-state index contributed by atoms with van der Waals surface area (Å²) in [4.78, 5) is 28.4. The second kappa shape index (κ2) is 3.13. The first-order chi connectivity index (χ1) is 6.06. The lowest BCUT2D eigenvalue weighted by molar-refractivity contribution is -0.107. The molecular formula is C6H9N5O2. The van der Waals surface area contributed by atoms with Crippen molar-refractivity contribution in [3.05, 3.63) is 10.4 Å². The lowest BCUT2D eigenvalue weighted by Crippen LogP contribution is -2.26. The van der Waals surface area contributed by atoms with E-state index in [4.69, 9.17) is 11.5 Å². The average Bonchev–Trinajstić information content (AvgIpc) is 2.02. The molecule has 0 saturated heterocycles. The van der Waals surface area contributed by atoms with Crippen LogP contribution in [0.5, 0.6) is 0 Å². The SMILES string of the molecule is CN(C=O)c1c(N)nc(N)[nH]c1=O. The largest absolute Gasteiger partial charge is 0.382 e. The van der Waals surface area contributed by atoms with Crippen LogP contribution in [0.2, 0.25) is 0 Å². The van der Waals surface area contributed by atoms with Crippen LogP contribution in [0.4, 0.5) is 17.5 Å². The highest BCUT2D eigenvalue weighted by molar-refractivity contribution is 5.79. The molecule has 1 amide bonds. The van der Waals surface area contributed by atoms with Gasteiger partial charge in [-0.3, -0.25) is 14.6 Å². The van der Waals surface area contributed by atoms with Gasteiger partial charge in [-0.15, -0.1) is 0 Å². The summed E-state index contributed by atoms with van der Waals surface area (Å²) < 4.78 is 0. The Morgan fingerprint density at radius 2 is 2.15 bits per heavy atom. The summed E-state index contributed by atoms with van der Waals surface area (Å²) in [5, 5.41) is 0. The van der Waals surface area contributed by atoms with Gasteiger partial charge in [0.15, 0.2) is 11.5 Å². The quantitative estimate of drug-likeness (QED) is 0.483. The number of amides is 1. The van der Waals surface area contributed by atoms with E-state index in [2.05, 4.69) is 9.97 Å². The van der Waals surface area contributed by atoms with Crippen LogP contribution in [0.15, 0.2) is 4.79 Å². The Morgan fingerprint density at radius 1 is 1.54 bits per heavy atom. The topological polar surface area (TPSA) is 118 Å². The van der Waals surface area contributed by atoms with Crippen molar-refractivity contribution in [3.8, 4) is 0 Å². The average molecular weight is 183 g/mol. The number of carbonyl (C=O) groups excluding carboxylic acids is 1. The summed E-state index contributed by atoms with van der Waals surface area (Å²) in [6.07, 6.45) is 0.457. The van der Waals surface area contributed by atoms with Gasteiger partial charge < -0.3 is 16.4 Å². The van der Waals surface area contributed by atoms with E-state index in [0.717, 1.165) is 4.90 Å². The summed E-state index contributed by atoms with van der Waals surface area (Å²) in [7, 11) is 1.39. The number of hydrogen-bond acceptors (Lipinski definition) is 5. The molecule has 70 valence electrons. The van der Waals surface area contributed by atoms with E-state index in [-0.39, 0.29) is 17.5 Å². The summed E-state index contributed by atoms with van der Waals surface area (Å²) in [6, 6.07) is 0. The second-order valence-corrected chi connectivity index (χ2v) is 2.40. The van der Waals surface area contributed by atoms with E-state index >= 15 is 0 Å². The molecule has 1 aromatic rings. The highest BCUT2D eigenvalue weighted by atomic mass is 16.1. The van der Waals surface area contributed by atoms with Crippen molar-refractivity contribution >= 4 is 23.9 Å². The zero-order valence-corrected chi connectivity index (χ0v) is 6.94. The van der Waals surface area contributed by atoms with Crippen molar-refractivity contribution in [1.29, 1.82) is 0 Å². The molecule has 0 aliphatic rings. The van der Waals surface area contributed by atoms with Crippen molar-refractivity contribution in [2.24, 2.45) is 0 Å². The van der Waals surface area contributed by atoms with Crippen LogP contribution < -0.4 is 21.9 Å². The molecule has 0 saturated carbocycles.